The lowest BCUT2D eigenvalue weighted by Crippen LogP contribution is -2.47. The maximum Gasteiger partial charge on any atom is 0.350 e. The summed E-state index contributed by atoms with van der Waals surface area (Å²) in [7, 11) is 0. The molecular weight excluding hydrogens is 280 g/mol. The summed E-state index contributed by atoms with van der Waals surface area (Å²) in [4.78, 5) is 14.7. The molecule has 1 aliphatic heterocycles. The molecule has 0 amide bonds. The third kappa shape index (κ3) is 3.23. The summed E-state index contributed by atoms with van der Waals surface area (Å²) in [6.07, 6.45) is 2.89. The number of morpholine rings is 1. The highest BCUT2D eigenvalue weighted by Gasteiger charge is 2.23. The Balaban J connectivity index is 1.69. The Morgan fingerprint density at radius 1 is 1.36 bits per heavy atom. The molecule has 2 aromatic rings. The summed E-state index contributed by atoms with van der Waals surface area (Å²) in [6.45, 7) is 8.42. The topological polar surface area (TPSA) is 51.8 Å². The van der Waals surface area contributed by atoms with E-state index in [1.807, 2.05) is 18.2 Å². The zero-order valence-corrected chi connectivity index (χ0v) is 13.3. The van der Waals surface area contributed by atoms with Crippen LogP contribution < -0.4 is 5.69 Å². The molecule has 0 aliphatic carbocycles. The Hall–Kier alpha value is -1.66. The fourth-order valence-electron chi connectivity index (χ4n) is 3.08. The number of hydrogen-bond acceptors (Lipinski definition) is 4. The first-order valence-corrected chi connectivity index (χ1v) is 8.01. The molecule has 6 heteroatoms. The molecule has 3 rings (SSSR count). The summed E-state index contributed by atoms with van der Waals surface area (Å²) in [5, 5.41) is 4.39. The van der Waals surface area contributed by atoms with Crippen molar-refractivity contribution in [3.05, 3.63) is 34.9 Å². The molecule has 0 saturated carbocycles. The first kappa shape index (κ1) is 15.2. The van der Waals surface area contributed by atoms with E-state index in [0.29, 0.717) is 24.2 Å². The van der Waals surface area contributed by atoms with Gasteiger partial charge in [-0.05, 0) is 24.5 Å². The first-order chi connectivity index (χ1) is 10.6. The van der Waals surface area contributed by atoms with Crippen LogP contribution in [0.15, 0.2) is 29.2 Å². The van der Waals surface area contributed by atoms with E-state index in [1.54, 1.807) is 15.3 Å². The van der Waals surface area contributed by atoms with Crippen LogP contribution in [0.1, 0.15) is 20.3 Å². The van der Waals surface area contributed by atoms with Crippen molar-refractivity contribution in [1.82, 2.24) is 19.1 Å². The molecule has 1 fully saturated rings. The van der Waals surface area contributed by atoms with Crippen LogP contribution in [-0.4, -0.2) is 51.4 Å². The van der Waals surface area contributed by atoms with E-state index in [2.05, 4.69) is 23.8 Å². The second kappa shape index (κ2) is 6.62. The van der Waals surface area contributed by atoms with Crippen molar-refractivity contribution in [2.24, 2.45) is 5.92 Å². The van der Waals surface area contributed by atoms with Gasteiger partial charge in [0.05, 0.1) is 19.8 Å². The first-order valence-electron chi connectivity index (χ1n) is 8.01. The van der Waals surface area contributed by atoms with Gasteiger partial charge in [-0.3, -0.25) is 9.30 Å². The van der Waals surface area contributed by atoms with Gasteiger partial charge in [0.1, 0.15) is 0 Å². The minimum atomic E-state index is -0.0655. The molecule has 1 saturated heterocycles. The van der Waals surface area contributed by atoms with Crippen molar-refractivity contribution in [1.29, 1.82) is 0 Å². The molecule has 3 heterocycles. The van der Waals surface area contributed by atoms with Crippen LogP contribution in [0.2, 0.25) is 0 Å². The van der Waals surface area contributed by atoms with Gasteiger partial charge >= 0.3 is 5.69 Å². The molecule has 22 heavy (non-hydrogen) atoms. The summed E-state index contributed by atoms with van der Waals surface area (Å²) in [6, 6.07) is 6.05. The second-order valence-corrected chi connectivity index (χ2v) is 6.33. The molecule has 0 aromatic carbocycles. The van der Waals surface area contributed by atoms with Gasteiger partial charge in [-0.25, -0.2) is 9.48 Å². The van der Waals surface area contributed by atoms with E-state index >= 15 is 0 Å². The predicted octanol–water partition coefficient (Wildman–Crippen LogP) is 1.24. The van der Waals surface area contributed by atoms with Gasteiger partial charge in [-0.2, -0.15) is 0 Å². The highest BCUT2D eigenvalue weighted by molar-refractivity contribution is 5.35. The lowest BCUT2D eigenvalue weighted by atomic mass is 10.0. The highest BCUT2D eigenvalue weighted by Crippen LogP contribution is 2.15. The monoisotopic (exact) mass is 304 g/mol. The number of hydrogen-bond donors (Lipinski definition) is 0. The predicted molar refractivity (Wildman–Crippen MR) is 85.1 cm³/mol. The minimum absolute atomic E-state index is 0.0655. The fourth-order valence-corrected chi connectivity index (χ4v) is 3.08. The third-order valence-electron chi connectivity index (χ3n) is 4.18. The Bertz CT molecular complexity index is 676. The third-order valence-corrected chi connectivity index (χ3v) is 4.18. The summed E-state index contributed by atoms with van der Waals surface area (Å²) >= 11 is 0. The van der Waals surface area contributed by atoms with Gasteiger partial charge in [0.15, 0.2) is 5.65 Å². The summed E-state index contributed by atoms with van der Waals surface area (Å²) in [5.41, 5.74) is 0.637. The number of nitrogens with zero attached hydrogens (tertiary/aromatic N) is 4. The Morgan fingerprint density at radius 2 is 2.23 bits per heavy atom. The fraction of sp³-hybridized carbons (Fsp3) is 0.625. The maximum absolute atomic E-state index is 12.3. The molecule has 6 nitrogen and oxygen atoms in total. The lowest BCUT2D eigenvalue weighted by Gasteiger charge is -2.36. The van der Waals surface area contributed by atoms with Crippen molar-refractivity contribution in [3.63, 3.8) is 0 Å². The van der Waals surface area contributed by atoms with Crippen molar-refractivity contribution >= 4 is 5.65 Å². The number of pyridine rings is 1. The van der Waals surface area contributed by atoms with Crippen LogP contribution in [-0.2, 0) is 11.3 Å². The van der Waals surface area contributed by atoms with Crippen LogP contribution in [0.4, 0.5) is 0 Å². The SMILES string of the molecule is CC(C)C[C@@H]1COCCN1CCn1nc2ccccn2c1=O. The second-order valence-electron chi connectivity index (χ2n) is 6.33. The van der Waals surface area contributed by atoms with Gasteiger partial charge in [-0.15, -0.1) is 5.10 Å². The van der Waals surface area contributed by atoms with Crippen molar-refractivity contribution < 1.29 is 4.74 Å². The van der Waals surface area contributed by atoms with E-state index in [1.165, 1.54) is 0 Å². The van der Waals surface area contributed by atoms with Crippen molar-refractivity contribution in [2.45, 2.75) is 32.9 Å². The van der Waals surface area contributed by atoms with Gasteiger partial charge < -0.3 is 4.74 Å². The van der Waals surface area contributed by atoms with Crippen LogP contribution in [0.3, 0.4) is 0 Å². The lowest BCUT2D eigenvalue weighted by molar-refractivity contribution is -0.0162. The van der Waals surface area contributed by atoms with Gasteiger partial charge in [0.25, 0.3) is 0 Å². The smallest absolute Gasteiger partial charge is 0.350 e. The van der Waals surface area contributed by atoms with Crippen LogP contribution >= 0.6 is 0 Å². The van der Waals surface area contributed by atoms with Crippen LogP contribution in [0.25, 0.3) is 5.65 Å². The molecule has 0 radical (unpaired) electrons. The zero-order chi connectivity index (χ0) is 15.5. The quantitative estimate of drug-likeness (QED) is 0.834. The molecule has 1 atom stereocenters. The highest BCUT2D eigenvalue weighted by atomic mass is 16.5. The summed E-state index contributed by atoms with van der Waals surface area (Å²) < 4.78 is 8.76. The molecule has 0 bridgehead atoms. The average Bonchev–Trinajstić information content (AvgIpc) is 2.83. The summed E-state index contributed by atoms with van der Waals surface area (Å²) in [5.74, 6) is 0.645. The number of fused-ring (bicyclic) bond motifs is 1. The molecule has 0 spiro atoms. The minimum Gasteiger partial charge on any atom is -0.378 e. The average molecular weight is 304 g/mol. The largest absolute Gasteiger partial charge is 0.378 e. The molecule has 0 unspecified atom stereocenters. The number of aromatic nitrogens is 3. The Morgan fingerprint density at radius 3 is 3.00 bits per heavy atom. The maximum atomic E-state index is 12.3. The van der Waals surface area contributed by atoms with Gasteiger partial charge in [0, 0.05) is 25.3 Å². The molecule has 0 N–H and O–H groups in total. The molecule has 1 aliphatic rings. The number of ether oxygens (including phenoxy) is 1. The van der Waals surface area contributed by atoms with Gasteiger partial charge in [-0.1, -0.05) is 19.9 Å². The van der Waals surface area contributed by atoms with Crippen LogP contribution in [0, 0.1) is 5.92 Å². The van der Waals surface area contributed by atoms with Crippen molar-refractivity contribution in [3.8, 4) is 0 Å². The van der Waals surface area contributed by atoms with E-state index < -0.39 is 0 Å². The van der Waals surface area contributed by atoms with Gasteiger partial charge in [0.2, 0.25) is 0 Å². The van der Waals surface area contributed by atoms with Crippen LogP contribution in [0.5, 0.6) is 0 Å². The zero-order valence-electron chi connectivity index (χ0n) is 13.3. The standard InChI is InChI=1S/C16H24N4O2/c1-13(2)11-14-12-22-10-9-18(14)7-8-20-16(21)19-6-4-3-5-15(19)17-20/h3-6,13-14H,7-12H2,1-2H3/t14-/m1/s1. The Labute approximate surface area is 130 Å². The molecular formula is C16H24N4O2. The molecule has 120 valence electrons. The van der Waals surface area contributed by atoms with E-state index in [0.717, 1.165) is 32.7 Å². The van der Waals surface area contributed by atoms with Crippen molar-refractivity contribution in [2.75, 3.05) is 26.3 Å². The number of rotatable bonds is 5. The normalized spacial score (nSPS) is 20.0. The van der Waals surface area contributed by atoms with E-state index in [9.17, 15) is 4.79 Å². The van der Waals surface area contributed by atoms with E-state index in [4.69, 9.17) is 4.74 Å². The van der Waals surface area contributed by atoms with E-state index in [-0.39, 0.29) is 5.69 Å². The molecule has 2 aromatic heterocycles. The Kier molecular flexibility index (Phi) is 4.59.